The van der Waals surface area contributed by atoms with E-state index in [4.69, 9.17) is 0 Å². The number of nitrogens with one attached hydrogen (secondary N) is 1. The summed E-state index contributed by atoms with van der Waals surface area (Å²) in [7, 11) is 0. The lowest BCUT2D eigenvalue weighted by atomic mass is 10.2. The predicted molar refractivity (Wildman–Crippen MR) is 66.8 cm³/mol. The van der Waals surface area contributed by atoms with Crippen molar-refractivity contribution < 1.29 is 22.7 Å². The van der Waals surface area contributed by atoms with Gasteiger partial charge in [-0.25, -0.2) is 0 Å². The average Bonchev–Trinajstić information content (AvgIpc) is 2.85. The van der Waals surface area contributed by atoms with Crippen molar-refractivity contribution in [1.82, 2.24) is 14.8 Å². The highest BCUT2D eigenvalue weighted by atomic mass is 19.4. The van der Waals surface area contributed by atoms with Crippen LogP contribution in [0, 0.1) is 0 Å². The van der Waals surface area contributed by atoms with E-state index in [1.807, 2.05) is 6.92 Å². The van der Waals surface area contributed by atoms with Gasteiger partial charge < -0.3 is 4.74 Å². The molecule has 21 heavy (non-hydrogen) atoms. The van der Waals surface area contributed by atoms with E-state index in [0.717, 1.165) is 12.1 Å². The van der Waals surface area contributed by atoms with Crippen molar-refractivity contribution in [3.05, 3.63) is 36.2 Å². The van der Waals surface area contributed by atoms with E-state index in [9.17, 15) is 18.0 Å². The van der Waals surface area contributed by atoms with Crippen LogP contribution in [0.15, 0.2) is 30.6 Å². The number of alkyl halides is 3. The maximum atomic E-state index is 12.0. The molecule has 0 aliphatic rings. The summed E-state index contributed by atoms with van der Waals surface area (Å²) in [5.41, 5.74) is 0.176. The number of hydrogen-bond donors (Lipinski definition) is 1. The first-order valence-corrected chi connectivity index (χ1v) is 5.94. The minimum absolute atomic E-state index is 0.176. The maximum Gasteiger partial charge on any atom is 0.573 e. The Labute approximate surface area is 117 Å². The minimum atomic E-state index is -4.76. The Kier molecular flexibility index (Phi) is 4.10. The van der Waals surface area contributed by atoms with Crippen LogP contribution in [0.25, 0.3) is 0 Å². The highest BCUT2D eigenvalue weighted by molar-refractivity contribution is 6.03. The first-order valence-electron chi connectivity index (χ1n) is 5.94. The predicted octanol–water partition coefficient (Wildman–Crippen LogP) is 2.45. The molecule has 2 aromatic rings. The molecule has 1 aromatic heterocycles. The molecule has 1 N–H and O–H groups in total. The molecule has 112 valence electrons. The minimum Gasteiger partial charge on any atom is -0.406 e. The molecule has 6 nitrogen and oxygen atoms in total. The highest BCUT2D eigenvalue weighted by Crippen LogP contribution is 2.22. The molecule has 0 aliphatic heterocycles. The first kappa shape index (κ1) is 14.8. The summed E-state index contributed by atoms with van der Waals surface area (Å²) < 4.78 is 41.4. The molecule has 9 heteroatoms. The highest BCUT2D eigenvalue weighted by Gasteiger charge is 2.31. The van der Waals surface area contributed by atoms with Crippen LogP contribution in [0.3, 0.4) is 0 Å². The van der Waals surface area contributed by atoms with Crippen molar-refractivity contribution in [1.29, 1.82) is 0 Å². The van der Waals surface area contributed by atoms with Gasteiger partial charge >= 0.3 is 6.36 Å². The van der Waals surface area contributed by atoms with Crippen LogP contribution in [0.4, 0.5) is 19.1 Å². The van der Waals surface area contributed by atoms with Crippen molar-refractivity contribution in [2.45, 2.75) is 19.8 Å². The number of aromatic nitrogens is 3. The van der Waals surface area contributed by atoms with Gasteiger partial charge in [-0.1, -0.05) is 0 Å². The van der Waals surface area contributed by atoms with Gasteiger partial charge in [0, 0.05) is 12.1 Å². The lowest BCUT2D eigenvalue weighted by molar-refractivity contribution is -0.274. The Balaban J connectivity index is 2.06. The van der Waals surface area contributed by atoms with Gasteiger partial charge in [-0.15, -0.1) is 23.4 Å². The number of anilines is 1. The van der Waals surface area contributed by atoms with Crippen LogP contribution in [-0.2, 0) is 6.54 Å². The number of halogens is 3. The molecule has 1 heterocycles. The van der Waals surface area contributed by atoms with Crippen LogP contribution in [0.1, 0.15) is 17.3 Å². The van der Waals surface area contributed by atoms with Gasteiger partial charge in [0.15, 0.2) is 0 Å². The largest absolute Gasteiger partial charge is 0.573 e. The van der Waals surface area contributed by atoms with Crippen molar-refractivity contribution >= 4 is 11.9 Å². The lowest BCUT2D eigenvalue weighted by Gasteiger charge is -2.09. The number of aryl methyl sites for hydroxylation is 1. The summed E-state index contributed by atoms with van der Waals surface area (Å²) >= 11 is 0. The van der Waals surface area contributed by atoms with Crippen LogP contribution >= 0.6 is 0 Å². The molecule has 1 amide bonds. The summed E-state index contributed by atoms with van der Waals surface area (Å²) in [6.07, 6.45) is -3.31. The molecule has 0 aliphatic carbocycles. The molecule has 1 aromatic carbocycles. The fourth-order valence-corrected chi connectivity index (χ4v) is 1.56. The second kappa shape index (κ2) is 5.81. The van der Waals surface area contributed by atoms with Crippen molar-refractivity contribution in [3.8, 4) is 5.75 Å². The summed E-state index contributed by atoms with van der Waals surface area (Å²) in [5.74, 6) is -0.634. The first-order chi connectivity index (χ1) is 9.89. The standard InChI is InChI=1S/C12H11F3N4O2/c1-2-19-7-16-18-11(19)17-10(20)8-3-5-9(6-4-8)21-12(13,14)15/h3-7H,2H2,1H3,(H,17,18,20). The third-order valence-corrected chi connectivity index (χ3v) is 2.53. The fourth-order valence-electron chi connectivity index (χ4n) is 1.56. The third kappa shape index (κ3) is 3.94. The fraction of sp³-hybridized carbons (Fsp3) is 0.250. The van der Waals surface area contributed by atoms with Gasteiger partial charge in [0.25, 0.3) is 5.91 Å². The Morgan fingerprint density at radius 1 is 1.33 bits per heavy atom. The molecule has 0 saturated heterocycles. The van der Waals surface area contributed by atoms with Gasteiger partial charge in [-0.2, -0.15) is 0 Å². The number of carbonyl (C=O) groups is 1. The molecule has 0 atom stereocenters. The van der Waals surface area contributed by atoms with E-state index in [1.165, 1.54) is 18.5 Å². The Morgan fingerprint density at radius 2 is 2.00 bits per heavy atom. The monoisotopic (exact) mass is 300 g/mol. The quantitative estimate of drug-likeness (QED) is 0.941. The second-order valence-corrected chi connectivity index (χ2v) is 3.97. The molecule has 0 fully saturated rings. The van der Waals surface area contributed by atoms with Crippen LogP contribution < -0.4 is 10.1 Å². The number of ether oxygens (including phenoxy) is 1. The molecule has 2 rings (SSSR count). The smallest absolute Gasteiger partial charge is 0.406 e. The zero-order valence-corrected chi connectivity index (χ0v) is 10.9. The molecular weight excluding hydrogens is 289 g/mol. The Hall–Kier alpha value is -2.58. The lowest BCUT2D eigenvalue weighted by Crippen LogP contribution is -2.18. The van der Waals surface area contributed by atoms with E-state index in [2.05, 4.69) is 20.3 Å². The van der Waals surface area contributed by atoms with E-state index in [0.29, 0.717) is 6.54 Å². The third-order valence-electron chi connectivity index (χ3n) is 2.53. The average molecular weight is 300 g/mol. The Morgan fingerprint density at radius 3 is 2.57 bits per heavy atom. The van der Waals surface area contributed by atoms with Crippen molar-refractivity contribution in [2.24, 2.45) is 0 Å². The molecule has 0 bridgehead atoms. The summed E-state index contributed by atoms with van der Waals surface area (Å²) in [4.78, 5) is 11.9. The van der Waals surface area contributed by atoms with E-state index >= 15 is 0 Å². The van der Waals surface area contributed by atoms with Crippen molar-refractivity contribution in [3.63, 3.8) is 0 Å². The SMILES string of the molecule is CCn1cnnc1NC(=O)c1ccc(OC(F)(F)F)cc1. The van der Waals surface area contributed by atoms with Crippen LogP contribution in [0.5, 0.6) is 5.75 Å². The summed E-state index contributed by atoms with van der Waals surface area (Å²) in [6, 6.07) is 4.58. The normalized spacial score (nSPS) is 11.2. The van der Waals surface area contributed by atoms with Gasteiger partial charge in [0.05, 0.1) is 0 Å². The molecule has 0 unspecified atom stereocenters. The van der Waals surface area contributed by atoms with E-state index < -0.39 is 18.0 Å². The molecular formula is C12H11F3N4O2. The van der Waals surface area contributed by atoms with Gasteiger partial charge in [0.2, 0.25) is 5.95 Å². The summed E-state index contributed by atoms with van der Waals surface area (Å²) in [5, 5.41) is 9.89. The number of nitrogens with zero attached hydrogens (tertiary/aromatic N) is 3. The van der Waals surface area contributed by atoms with E-state index in [1.54, 1.807) is 4.57 Å². The maximum absolute atomic E-state index is 12.0. The topological polar surface area (TPSA) is 69.0 Å². The van der Waals surface area contributed by atoms with Crippen LogP contribution in [-0.4, -0.2) is 27.0 Å². The molecule has 0 spiro atoms. The summed E-state index contributed by atoms with van der Waals surface area (Å²) in [6.45, 7) is 2.42. The number of amides is 1. The Bertz CT molecular complexity index is 622. The number of benzene rings is 1. The van der Waals surface area contributed by atoms with Crippen LogP contribution in [0.2, 0.25) is 0 Å². The number of hydrogen-bond acceptors (Lipinski definition) is 4. The molecule has 0 radical (unpaired) electrons. The van der Waals surface area contributed by atoms with Gasteiger partial charge in [0.1, 0.15) is 12.1 Å². The second-order valence-electron chi connectivity index (χ2n) is 3.97. The number of carbonyl (C=O) groups excluding carboxylic acids is 1. The van der Waals surface area contributed by atoms with E-state index in [-0.39, 0.29) is 11.5 Å². The zero-order valence-electron chi connectivity index (χ0n) is 10.9. The zero-order chi connectivity index (χ0) is 15.5. The van der Waals surface area contributed by atoms with Gasteiger partial charge in [-0.05, 0) is 31.2 Å². The van der Waals surface area contributed by atoms with Crippen molar-refractivity contribution in [2.75, 3.05) is 5.32 Å². The molecule has 0 saturated carbocycles. The van der Waals surface area contributed by atoms with Gasteiger partial charge in [-0.3, -0.25) is 14.7 Å². The number of rotatable bonds is 4.